The van der Waals surface area contributed by atoms with E-state index in [4.69, 9.17) is 5.73 Å². The van der Waals surface area contributed by atoms with Gasteiger partial charge in [0.25, 0.3) is 0 Å². The van der Waals surface area contributed by atoms with Crippen LogP contribution >= 0.6 is 0 Å². The summed E-state index contributed by atoms with van der Waals surface area (Å²) in [4.78, 5) is 11.2. The van der Waals surface area contributed by atoms with Crippen molar-refractivity contribution in [1.29, 1.82) is 0 Å². The first-order chi connectivity index (χ1) is 8.79. The molecule has 2 rings (SSSR count). The van der Waals surface area contributed by atoms with Crippen molar-refractivity contribution in [3.63, 3.8) is 0 Å². The first kappa shape index (κ1) is 13.1. The van der Waals surface area contributed by atoms with Gasteiger partial charge in [-0.05, 0) is 31.2 Å². The Morgan fingerprint density at radius 1 is 1.32 bits per heavy atom. The van der Waals surface area contributed by atoms with E-state index < -0.39 is 11.9 Å². The smallest absolute Gasteiger partial charge is 0.398 e. The molecule has 0 atom stereocenters. The van der Waals surface area contributed by atoms with Gasteiger partial charge in [0, 0.05) is 17.4 Å². The van der Waals surface area contributed by atoms with Crippen LogP contribution in [0.2, 0.25) is 0 Å². The Morgan fingerprint density at radius 3 is 2.47 bits per heavy atom. The van der Waals surface area contributed by atoms with Crippen LogP contribution in [0.4, 0.5) is 18.9 Å². The molecular formula is C12H10F3N3O. The Bertz CT molecular complexity index is 631. The molecule has 7 heteroatoms. The minimum Gasteiger partial charge on any atom is -0.398 e. The first-order valence-corrected chi connectivity index (χ1v) is 5.33. The predicted octanol–water partition coefficient (Wildman–Crippen LogP) is 2.68. The van der Waals surface area contributed by atoms with E-state index in [1.54, 1.807) is 0 Å². The van der Waals surface area contributed by atoms with Gasteiger partial charge in [-0.25, -0.2) is 4.68 Å². The molecule has 1 heterocycles. The molecule has 0 bridgehead atoms. The number of benzene rings is 1. The van der Waals surface area contributed by atoms with Crippen LogP contribution in [0.1, 0.15) is 23.0 Å². The van der Waals surface area contributed by atoms with Gasteiger partial charge in [0.15, 0.2) is 11.5 Å². The second-order valence-corrected chi connectivity index (χ2v) is 3.97. The fourth-order valence-corrected chi connectivity index (χ4v) is 1.63. The number of aromatic nitrogens is 2. The summed E-state index contributed by atoms with van der Waals surface area (Å²) in [5.74, 6) is -0.208. The van der Waals surface area contributed by atoms with E-state index in [1.807, 2.05) is 0 Å². The van der Waals surface area contributed by atoms with Crippen LogP contribution in [0.5, 0.6) is 0 Å². The Hall–Kier alpha value is -2.31. The third-order valence-corrected chi connectivity index (χ3v) is 2.56. The summed E-state index contributed by atoms with van der Waals surface area (Å²) >= 11 is 0. The Morgan fingerprint density at radius 2 is 2.00 bits per heavy atom. The molecule has 2 N–H and O–H groups in total. The highest BCUT2D eigenvalue weighted by Crippen LogP contribution is 2.28. The Labute approximate surface area is 106 Å². The van der Waals surface area contributed by atoms with Crippen molar-refractivity contribution in [3.05, 3.63) is 41.7 Å². The molecule has 0 spiro atoms. The Balaban J connectivity index is 2.40. The molecular weight excluding hydrogens is 259 g/mol. The molecule has 0 amide bonds. The molecule has 0 fully saturated rings. The summed E-state index contributed by atoms with van der Waals surface area (Å²) in [6.45, 7) is 1.36. The summed E-state index contributed by atoms with van der Waals surface area (Å²) < 4.78 is 38.3. The standard InChI is InChI=1S/C12H10F3N3O/c1-7(19)9-3-2-8(6-10(9)16)18-5-4-11(17-18)12(13,14)15/h2-6H,16H2,1H3. The van der Waals surface area contributed by atoms with Crippen LogP contribution < -0.4 is 5.73 Å². The maximum atomic E-state index is 12.4. The quantitative estimate of drug-likeness (QED) is 0.673. The average Bonchev–Trinajstić information content (AvgIpc) is 2.76. The highest BCUT2D eigenvalue weighted by atomic mass is 19.4. The second-order valence-electron chi connectivity index (χ2n) is 3.97. The van der Waals surface area contributed by atoms with E-state index in [9.17, 15) is 18.0 Å². The van der Waals surface area contributed by atoms with Gasteiger partial charge in [0.2, 0.25) is 0 Å². The van der Waals surface area contributed by atoms with E-state index in [1.165, 1.54) is 31.3 Å². The molecule has 1 aromatic carbocycles. The normalized spacial score (nSPS) is 11.6. The zero-order chi connectivity index (χ0) is 14.2. The van der Waals surface area contributed by atoms with Gasteiger partial charge in [0.1, 0.15) is 0 Å². The molecule has 0 radical (unpaired) electrons. The number of nitrogens with zero attached hydrogens (tertiary/aromatic N) is 2. The maximum Gasteiger partial charge on any atom is 0.435 e. The van der Waals surface area contributed by atoms with Crippen LogP contribution in [-0.4, -0.2) is 15.6 Å². The molecule has 4 nitrogen and oxygen atoms in total. The number of hydrogen-bond acceptors (Lipinski definition) is 3. The number of carbonyl (C=O) groups is 1. The lowest BCUT2D eigenvalue weighted by Gasteiger charge is -2.06. The summed E-state index contributed by atoms with van der Waals surface area (Å²) in [5.41, 5.74) is 5.57. The van der Waals surface area contributed by atoms with Crippen LogP contribution in [0, 0.1) is 0 Å². The summed E-state index contributed by atoms with van der Waals surface area (Å²) in [6, 6.07) is 5.22. The van der Waals surface area contributed by atoms with Crippen molar-refractivity contribution in [2.75, 3.05) is 5.73 Å². The number of rotatable bonds is 2. The second kappa shape index (κ2) is 4.42. The molecule has 0 saturated carbocycles. The number of Topliss-reactive ketones (excluding diaryl/α,β-unsaturated/α-hetero) is 1. The van der Waals surface area contributed by atoms with E-state index in [2.05, 4.69) is 5.10 Å². The molecule has 1 aromatic heterocycles. The van der Waals surface area contributed by atoms with Gasteiger partial charge >= 0.3 is 6.18 Å². The van der Waals surface area contributed by atoms with Crippen LogP contribution in [0.25, 0.3) is 5.69 Å². The number of nitrogens with two attached hydrogens (primary N) is 1. The van der Waals surface area contributed by atoms with Gasteiger partial charge in [-0.2, -0.15) is 18.3 Å². The lowest BCUT2D eigenvalue weighted by Crippen LogP contribution is -2.07. The molecule has 0 saturated heterocycles. The summed E-state index contributed by atoms with van der Waals surface area (Å²) in [6.07, 6.45) is -3.30. The number of alkyl halides is 3. The zero-order valence-electron chi connectivity index (χ0n) is 9.90. The lowest BCUT2D eigenvalue weighted by molar-refractivity contribution is -0.141. The first-order valence-electron chi connectivity index (χ1n) is 5.33. The third-order valence-electron chi connectivity index (χ3n) is 2.56. The monoisotopic (exact) mass is 269 g/mol. The van der Waals surface area contributed by atoms with Crippen molar-refractivity contribution in [1.82, 2.24) is 9.78 Å². The molecule has 0 aliphatic rings. The molecule has 0 unspecified atom stereocenters. The van der Waals surface area contributed by atoms with Crippen molar-refractivity contribution in [2.24, 2.45) is 0 Å². The number of anilines is 1. The van der Waals surface area contributed by atoms with Crippen LogP contribution in [0.15, 0.2) is 30.5 Å². The van der Waals surface area contributed by atoms with Gasteiger partial charge < -0.3 is 5.73 Å². The Kier molecular flexibility index (Phi) is 3.05. The molecule has 100 valence electrons. The summed E-state index contributed by atoms with van der Waals surface area (Å²) in [7, 11) is 0. The number of nitrogen functional groups attached to an aromatic ring is 1. The van der Waals surface area contributed by atoms with Gasteiger partial charge in [0.05, 0.1) is 5.69 Å². The van der Waals surface area contributed by atoms with Gasteiger partial charge in [-0.15, -0.1) is 0 Å². The number of halogens is 3. The molecule has 0 aliphatic carbocycles. The molecule has 2 aromatic rings. The largest absolute Gasteiger partial charge is 0.435 e. The van der Waals surface area contributed by atoms with Crippen molar-refractivity contribution in [3.8, 4) is 5.69 Å². The third kappa shape index (κ3) is 2.59. The SMILES string of the molecule is CC(=O)c1ccc(-n2ccc(C(F)(F)F)n2)cc1N. The van der Waals surface area contributed by atoms with Crippen molar-refractivity contribution >= 4 is 11.5 Å². The van der Waals surface area contributed by atoms with Gasteiger partial charge in [-0.3, -0.25) is 4.79 Å². The number of ketones is 1. The maximum absolute atomic E-state index is 12.4. The average molecular weight is 269 g/mol. The highest BCUT2D eigenvalue weighted by Gasteiger charge is 2.33. The number of hydrogen-bond donors (Lipinski definition) is 1. The zero-order valence-corrected chi connectivity index (χ0v) is 9.90. The van der Waals surface area contributed by atoms with Crippen LogP contribution in [0.3, 0.4) is 0 Å². The molecule has 19 heavy (non-hydrogen) atoms. The van der Waals surface area contributed by atoms with Crippen molar-refractivity contribution < 1.29 is 18.0 Å². The van der Waals surface area contributed by atoms with E-state index in [-0.39, 0.29) is 11.5 Å². The number of carbonyl (C=O) groups excluding carboxylic acids is 1. The highest BCUT2D eigenvalue weighted by molar-refractivity contribution is 5.99. The van der Waals surface area contributed by atoms with Crippen molar-refractivity contribution in [2.45, 2.75) is 13.1 Å². The minimum atomic E-state index is -4.49. The predicted molar refractivity (Wildman–Crippen MR) is 63.0 cm³/mol. The topological polar surface area (TPSA) is 60.9 Å². The fraction of sp³-hybridized carbons (Fsp3) is 0.167. The van der Waals surface area contributed by atoms with Gasteiger partial charge in [-0.1, -0.05) is 0 Å². The van der Waals surface area contributed by atoms with Crippen LogP contribution in [-0.2, 0) is 6.18 Å². The fourth-order valence-electron chi connectivity index (χ4n) is 1.63. The minimum absolute atomic E-state index is 0.203. The molecule has 0 aliphatic heterocycles. The van der Waals surface area contributed by atoms with E-state index in [0.29, 0.717) is 11.3 Å². The lowest BCUT2D eigenvalue weighted by atomic mass is 10.1. The summed E-state index contributed by atoms with van der Waals surface area (Å²) in [5, 5.41) is 3.42. The van der Waals surface area contributed by atoms with E-state index in [0.717, 1.165) is 10.7 Å². The van der Waals surface area contributed by atoms with E-state index >= 15 is 0 Å².